The van der Waals surface area contributed by atoms with Gasteiger partial charge in [0.15, 0.2) is 0 Å². The molecule has 3 aromatic carbocycles. The number of carbonyl (C=O) groups excluding carboxylic acids is 2. The largest absolute Gasteiger partial charge is 0.462 e. The summed E-state index contributed by atoms with van der Waals surface area (Å²) >= 11 is 0. The normalized spacial score (nSPS) is 13.9. The summed E-state index contributed by atoms with van der Waals surface area (Å²) in [5.41, 5.74) is 5.90. The first-order valence-corrected chi connectivity index (χ1v) is 10.5. The van der Waals surface area contributed by atoms with E-state index in [-0.39, 0.29) is 5.91 Å². The molecule has 1 amide bonds. The minimum atomic E-state index is -0.412. The van der Waals surface area contributed by atoms with Gasteiger partial charge in [0.2, 0.25) is 0 Å². The average Bonchev–Trinajstić information content (AvgIpc) is 3.14. The summed E-state index contributed by atoms with van der Waals surface area (Å²) in [7, 11) is 1.91. The molecule has 1 heterocycles. The van der Waals surface area contributed by atoms with E-state index < -0.39 is 5.97 Å². The molecule has 0 aliphatic carbocycles. The molecule has 0 spiro atoms. The van der Waals surface area contributed by atoms with Crippen molar-refractivity contribution in [3.05, 3.63) is 95.1 Å². The highest BCUT2D eigenvalue weighted by Crippen LogP contribution is 2.38. The maximum atomic E-state index is 13.0. The Morgan fingerprint density at radius 3 is 2.41 bits per heavy atom. The van der Waals surface area contributed by atoms with Crippen molar-refractivity contribution in [3.8, 4) is 0 Å². The van der Waals surface area contributed by atoms with Gasteiger partial charge in [-0.05, 0) is 49.4 Å². The van der Waals surface area contributed by atoms with E-state index in [0.29, 0.717) is 29.1 Å². The second-order valence-electron chi connectivity index (χ2n) is 7.40. The van der Waals surface area contributed by atoms with Crippen LogP contribution in [0.4, 0.5) is 11.4 Å². The summed E-state index contributed by atoms with van der Waals surface area (Å²) in [4.78, 5) is 25.2. The number of esters is 1. The number of hydrogen-bond acceptors (Lipinski definition) is 5. The van der Waals surface area contributed by atoms with Gasteiger partial charge in [-0.1, -0.05) is 48.5 Å². The van der Waals surface area contributed by atoms with E-state index in [1.165, 1.54) is 5.56 Å². The molecular weight excluding hydrogens is 402 g/mol. The molecule has 1 aliphatic rings. The molecule has 0 unspecified atom stereocenters. The molecule has 6 heteroatoms. The van der Waals surface area contributed by atoms with E-state index in [9.17, 15) is 9.59 Å². The molecular formula is C26H25N3O3. The van der Waals surface area contributed by atoms with Gasteiger partial charge < -0.3 is 20.7 Å². The van der Waals surface area contributed by atoms with Gasteiger partial charge in [0, 0.05) is 17.8 Å². The Hall–Kier alpha value is -3.90. The van der Waals surface area contributed by atoms with Gasteiger partial charge in [0.25, 0.3) is 5.91 Å². The van der Waals surface area contributed by atoms with Crippen molar-refractivity contribution in [1.82, 2.24) is 5.32 Å². The lowest BCUT2D eigenvalue weighted by molar-refractivity contribution is -0.110. The van der Waals surface area contributed by atoms with E-state index in [2.05, 4.69) is 16.0 Å². The highest BCUT2D eigenvalue weighted by atomic mass is 16.5. The van der Waals surface area contributed by atoms with E-state index in [4.69, 9.17) is 4.74 Å². The van der Waals surface area contributed by atoms with Crippen molar-refractivity contribution in [2.45, 2.75) is 13.5 Å². The molecule has 0 aromatic heterocycles. The molecule has 32 heavy (non-hydrogen) atoms. The van der Waals surface area contributed by atoms with Crippen molar-refractivity contribution in [3.63, 3.8) is 0 Å². The van der Waals surface area contributed by atoms with Crippen LogP contribution in [0.1, 0.15) is 34.0 Å². The Bertz CT molecular complexity index is 1170. The Balaban J connectivity index is 1.78. The molecule has 0 radical (unpaired) electrons. The molecule has 6 nitrogen and oxygen atoms in total. The fourth-order valence-corrected chi connectivity index (χ4v) is 3.70. The van der Waals surface area contributed by atoms with Crippen LogP contribution in [0.2, 0.25) is 0 Å². The molecule has 162 valence electrons. The van der Waals surface area contributed by atoms with Crippen LogP contribution >= 0.6 is 0 Å². The highest BCUT2D eigenvalue weighted by molar-refractivity contribution is 6.37. The number of rotatable bonds is 7. The predicted molar refractivity (Wildman–Crippen MR) is 127 cm³/mol. The molecule has 0 saturated heterocycles. The molecule has 0 fully saturated rings. The number of amides is 1. The van der Waals surface area contributed by atoms with E-state index >= 15 is 0 Å². The lowest BCUT2D eigenvalue weighted by Crippen LogP contribution is -2.10. The van der Waals surface area contributed by atoms with Crippen LogP contribution in [0.5, 0.6) is 0 Å². The van der Waals surface area contributed by atoms with Gasteiger partial charge in [-0.2, -0.15) is 0 Å². The second-order valence-corrected chi connectivity index (χ2v) is 7.40. The van der Waals surface area contributed by atoms with Crippen LogP contribution in [0.3, 0.4) is 0 Å². The number of carbonyl (C=O) groups is 2. The van der Waals surface area contributed by atoms with Crippen molar-refractivity contribution in [1.29, 1.82) is 0 Å². The van der Waals surface area contributed by atoms with Gasteiger partial charge in [-0.25, -0.2) is 4.79 Å². The van der Waals surface area contributed by atoms with Crippen LogP contribution in [-0.4, -0.2) is 25.5 Å². The van der Waals surface area contributed by atoms with Crippen LogP contribution in [0.15, 0.2) is 72.8 Å². The minimum Gasteiger partial charge on any atom is -0.462 e. The number of ether oxygens (including phenoxy) is 1. The van der Waals surface area contributed by atoms with Crippen molar-refractivity contribution in [2.75, 3.05) is 24.3 Å². The van der Waals surface area contributed by atoms with Gasteiger partial charge in [0.05, 0.1) is 29.1 Å². The second kappa shape index (κ2) is 9.49. The fraction of sp³-hybridized carbons (Fsp3) is 0.154. The topological polar surface area (TPSA) is 79.5 Å². The first kappa shape index (κ1) is 21.3. The molecule has 4 rings (SSSR count). The molecule has 1 aliphatic heterocycles. The summed E-state index contributed by atoms with van der Waals surface area (Å²) < 4.78 is 5.08. The van der Waals surface area contributed by atoms with Crippen LogP contribution in [-0.2, 0) is 16.1 Å². The zero-order valence-corrected chi connectivity index (χ0v) is 18.1. The number of benzene rings is 3. The fourth-order valence-electron chi connectivity index (χ4n) is 3.70. The highest BCUT2D eigenvalue weighted by Gasteiger charge is 2.29. The van der Waals surface area contributed by atoms with Crippen LogP contribution < -0.4 is 16.0 Å². The van der Waals surface area contributed by atoms with Gasteiger partial charge in [-0.3, -0.25) is 4.79 Å². The third-order valence-electron chi connectivity index (χ3n) is 5.19. The van der Waals surface area contributed by atoms with E-state index in [0.717, 1.165) is 23.4 Å². The Morgan fingerprint density at radius 1 is 0.969 bits per heavy atom. The van der Waals surface area contributed by atoms with Gasteiger partial charge in [-0.15, -0.1) is 0 Å². The Labute approximate surface area is 187 Å². The molecule has 0 bridgehead atoms. The third-order valence-corrected chi connectivity index (χ3v) is 5.19. The van der Waals surface area contributed by atoms with Crippen LogP contribution in [0.25, 0.3) is 11.3 Å². The first-order chi connectivity index (χ1) is 15.6. The van der Waals surface area contributed by atoms with Gasteiger partial charge >= 0.3 is 5.97 Å². The average molecular weight is 428 g/mol. The summed E-state index contributed by atoms with van der Waals surface area (Å²) in [6, 6.07) is 22.9. The number of fused-ring (bicyclic) bond motifs is 1. The quantitative estimate of drug-likeness (QED) is 0.382. The van der Waals surface area contributed by atoms with E-state index in [1.54, 1.807) is 25.1 Å². The predicted octanol–water partition coefficient (Wildman–Crippen LogP) is 4.52. The SMILES string of the molecule is CCOC(=O)c1ccc2c(c1)NC(=O)/C2=C(\Nc1ccc(CNC)cc1)c1ccccc1. The van der Waals surface area contributed by atoms with Crippen molar-refractivity contribution >= 4 is 34.5 Å². The maximum absolute atomic E-state index is 13.0. The molecule has 0 atom stereocenters. The number of nitrogens with one attached hydrogen (secondary N) is 3. The maximum Gasteiger partial charge on any atom is 0.338 e. The smallest absolute Gasteiger partial charge is 0.338 e. The Morgan fingerprint density at radius 2 is 1.72 bits per heavy atom. The Kier molecular flexibility index (Phi) is 6.33. The van der Waals surface area contributed by atoms with Gasteiger partial charge in [0.1, 0.15) is 0 Å². The van der Waals surface area contributed by atoms with Crippen LogP contribution in [0, 0.1) is 0 Å². The molecule has 0 saturated carbocycles. The number of anilines is 2. The third kappa shape index (κ3) is 4.40. The lowest BCUT2D eigenvalue weighted by atomic mass is 9.99. The summed E-state index contributed by atoms with van der Waals surface area (Å²) in [5.74, 6) is -0.635. The molecule has 3 N–H and O–H groups in total. The van der Waals surface area contributed by atoms with Crippen molar-refractivity contribution in [2.24, 2.45) is 0 Å². The lowest BCUT2D eigenvalue weighted by Gasteiger charge is -2.15. The zero-order valence-electron chi connectivity index (χ0n) is 18.1. The first-order valence-electron chi connectivity index (χ1n) is 10.5. The standard InChI is InChI=1S/C26H25N3O3/c1-3-32-26(31)19-11-14-21-22(15-19)29-25(30)23(21)24(18-7-5-4-6-8-18)28-20-12-9-17(10-13-20)16-27-2/h4-15,27-28H,3,16H2,1-2H3,(H,29,30)/b24-23-. The summed E-state index contributed by atoms with van der Waals surface area (Å²) in [6.07, 6.45) is 0. The molecule has 3 aromatic rings. The zero-order chi connectivity index (χ0) is 22.5. The monoisotopic (exact) mass is 427 g/mol. The van der Waals surface area contributed by atoms with E-state index in [1.807, 2.05) is 61.6 Å². The number of hydrogen-bond donors (Lipinski definition) is 3. The summed E-state index contributed by atoms with van der Waals surface area (Å²) in [5, 5.41) is 9.47. The minimum absolute atomic E-state index is 0.223. The summed E-state index contributed by atoms with van der Waals surface area (Å²) in [6.45, 7) is 2.84. The van der Waals surface area contributed by atoms with Crippen molar-refractivity contribution < 1.29 is 14.3 Å².